The van der Waals surface area contributed by atoms with E-state index in [1.165, 1.54) is 6.26 Å². The van der Waals surface area contributed by atoms with Crippen molar-refractivity contribution in [1.82, 2.24) is 9.97 Å². The van der Waals surface area contributed by atoms with E-state index in [1.54, 1.807) is 38.5 Å². The molecule has 0 spiro atoms. The van der Waals surface area contributed by atoms with E-state index in [0.717, 1.165) is 27.9 Å². The maximum absolute atomic E-state index is 11.9. The minimum Gasteiger partial charge on any atom is -0.493 e. The molecule has 1 aromatic heterocycles. The Morgan fingerprint density at radius 2 is 1.46 bits per heavy atom. The second-order valence-electron chi connectivity index (χ2n) is 10.4. The molecule has 10 nitrogen and oxygen atoms in total. The quantitative estimate of drug-likeness (QED) is 0.0945. The number of anilines is 4. The smallest absolute Gasteiger partial charge is 0.231 e. The van der Waals surface area contributed by atoms with Gasteiger partial charge in [-0.15, -0.1) is 0 Å². The lowest BCUT2D eigenvalue weighted by molar-refractivity contribution is 0.354. The summed E-state index contributed by atoms with van der Waals surface area (Å²) < 4.78 is 34.7. The third-order valence-corrected chi connectivity index (χ3v) is 8.31. The van der Waals surface area contributed by atoms with Crippen LogP contribution in [0.2, 0.25) is 0 Å². The van der Waals surface area contributed by atoms with E-state index >= 15 is 0 Å². The maximum Gasteiger partial charge on any atom is 0.231 e. The molecule has 0 aliphatic carbocycles. The number of methoxy groups -OCH3 is 2. The van der Waals surface area contributed by atoms with Crippen molar-refractivity contribution in [3.05, 3.63) is 114 Å². The fourth-order valence-corrected chi connectivity index (χ4v) is 5.39. The van der Waals surface area contributed by atoms with Crippen LogP contribution in [-0.4, -0.2) is 51.1 Å². The van der Waals surface area contributed by atoms with Crippen LogP contribution in [-0.2, 0) is 16.3 Å². The van der Waals surface area contributed by atoms with Gasteiger partial charge in [0.1, 0.15) is 5.82 Å². The molecule has 0 amide bonds. The van der Waals surface area contributed by atoms with Crippen molar-refractivity contribution in [2.45, 2.75) is 18.2 Å². The summed E-state index contributed by atoms with van der Waals surface area (Å²) >= 11 is 0. The van der Waals surface area contributed by atoms with Crippen molar-refractivity contribution in [2.24, 2.45) is 5.10 Å². The fourth-order valence-electron chi connectivity index (χ4n) is 4.76. The molecule has 0 radical (unpaired) electrons. The van der Waals surface area contributed by atoms with Crippen LogP contribution in [0.3, 0.4) is 0 Å². The summed E-state index contributed by atoms with van der Waals surface area (Å²) in [5, 5.41) is 11.5. The van der Waals surface area contributed by atoms with E-state index in [4.69, 9.17) is 19.4 Å². The third-order valence-electron chi connectivity index (χ3n) is 7.19. The van der Waals surface area contributed by atoms with Gasteiger partial charge in [-0.2, -0.15) is 15.1 Å². The molecule has 4 aromatic carbocycles. The van der Waals surface area contributed by atoms with Gasteiger partial charge in [0.05, 0.1) is 30.4 Å². The zero-order valence-corrected chi connectivity index (χ0v) is 26.9. The number of ether oxygens (including phenoxy) is 2. The van der Waals surface area contributed by atoms with Gasteiger partial charge in [-0.3, -0.25) is 5.43 Å². The predicted molar refractivity (Wildman–Crippen MR) is 184 cm³/mol. The SMILES string of the molecule is COc1ccc(CCNc2nc(Nc3ccccc3)nc(NN=C(C)c3ccc(S(C)(=O)=O)cc3)c2-c2ccccc2)cc1OC. The first-order valence-electron chi connectivity index (χ1n) is 14.6. The Kier molecular flexibility index (Phi) is 10.1. The van der Waals surface area contributed by atoms with Gasteiger partial charge in [0.15, 0.2) is 27.2 Å². The van der Waals surface area contributed by atoms with Crippen molar-refractivity contribution in [1.29, 1.82) is 0 Å². The molecular formula is C35H36N6O4S. The Balaban J connectivity index is 1.50. The van der Waals surface area contributed by atoms with Crippen molar-refractivity contribution < 1.29 is 17.9 Å². The summed E-state index contributed by atoms with van der Waals surface area (Å²) in [5.41, 5.74) is 8.14. The Labute approximate surface area is 269 Å². The minimum atomic E-state index is -3.30. The number of hydrogen-bond acceptors (Lipinski definition) is 10. The predicted octanol–water partition coefficient (Wildman–Crippen LogP) is 6.80. The van der Waals surface area contributed by atoms with Crippen LogP contribution in [0.5, 0.6) is 11.5 Å². The number of nitrogens with one attached hydrogen (secondary N) is 3. The van der Waals surface area contributed by atoms with Crippen molar-refractivity contribution in [2.75, 3.05) is 43.1 Å². The largest absolute Gasteiger partial charge is 0.493 e. The molecule has 0 unspecified atom stereocenters. The Morgan fingerprint density at radius 3 is 2.11 bits per heavy atom. The second-order valence-corrected chi connectivity index (χ2v) is 12.5. The van der Waals surface area contributed by atoms with Gasteiger partial charge in [-0.25, -0.2) is 8.42 Å². The highest BCUT2D eigenvalue weighted by Crippen LogP contribution is 2.35. The normalized spacial score (nSPS) is 11.5. The lowest BCUT2D eigenvalue weighted by Crippen LogP contribution is -2.12. The maximum atomic E-state index is 11.9. The zero-order valence-electron chi connectivity index (χ0n) is 26.1. The summed E-state index contributed by atoms with van der Waals surface area (Å²) in [6, 6.07) is 32.0. The fraction of sp³-hybridized carbons (Fsp3) is 0.171. The molecule has 5 rings (SSSR count). The summed E-state index contributed by atoms with van der Waals surface area (Å²) in [7, 11) is -0.0630. The highest BCUT2D eigenvalue weighted by atomic mass is 32.2. The van der Waals surface area contributed by atoms with E-state index in [1.807, 2.05) is 85.8 Å². The topological polar surface area (TPSA) is 127 Å². The standard InChI is InChI=1S/C35H36N6O4S/c1-24(26-16-18-29(19-17-26)46(4,42)43)40-41-34-32(27-11-7-5-8-12-27)33(38-35(39-34)37-28-13-9-6-10-14-28)36-22-21-25-15-20-30(44-2)31(23-25)45-3/h5-20,23H,21-22H2,1-4H3,(H3,36,37,38,39,41). The van der Waals surface area contributed by atoms with Crippen molar-refractivity contribution >= 4 is 38.8 Å². The number of nitrogens with zero attached hydrogens (tertiary/aromatic N) is 3. The van der Waals surface area contributed by atoms with E-state index < -0.39 is 9.84 Å². The van der Waals surface area contributed by atoms with E-state index in [2.05, 4.69) is 21.2 Å². The van der Waals surface area contributed by atoms with Gasteiger partial charge >= 0.3 is 0 Å². The molecule has 11 heteroatoms. The van der Waals surface area contributed by atoms with E-state index in [0.29, 0.717) is 47.8 Å². The molecule has 1 heterocycles. The Bertz CT molecular complexity index is 1920. The molecule has 0 atom stereocenters. The summed E-state index contributed by atoms with van der Waals surface area (Å²) in [6.07, 6.45) is 1.88. The first kappa shape index (κ1) is 32.0. The molecule has 0 saturated carbocycles. The molecule has 0 aliphatic rings. The van der Waals surface area contributed by atoms with Crippen molar-refractivity contribution in [3.63, 3.8) is 0 Å². The Hall–Kier alpha value is -5.42. The average molecular weight is 637 g/mol. The van der Waals surface area contributed by atoms with Gasteiger partial charge < -0.3 is 20.1 Å². The highest BCUT2D eigenvalue weighted by Gasteiger charge is 2.18. The van der Waals surface area contributed by atoms with Gasteiger partial charge in [0.25, 0.3) is 0 Å². The molecule has 236 valence electrons. The Morgan fingerprint density at radius 1 is 0.804 bits per heavy atom. The van der Waals surface area contributed by atoms with Gasteiger partial charge in [-0.1, -0.05) is 66.7 Å². The average Bonchev–Trinajstić information content (AvgIpc) is 3.07. The number of benzene rings is 4. The molecule has 46 heavy (non-hydrogen) atoms. The summed E-state index contributed by atoms with van der Waals surface area (Å²) in [4.78, 5) is 9.98. The lowest BCUT2D eigenvalue weighted by Gasteiger charge is -2.18. The first-order chi connectivity index (χ1) is 22.2. The molecule has 0 aliphatic heterocycles. The van der Waals surface area contributed by atoms with Crippen LogP contribution in [0.4, 0.5) is 23.3 Å². The van der Waals surface area contributed by atoms with Crippen LogP contribution in [0.25, 0.3) is 11.1 Å². The van der Waals surface area contributed by atoms with E-state index in [-0.39, 0.29) is 4.90 Å². The second kappa shape index (κ2) is 14.6. The van der Waals surface area contributed by atoms with Crippen LogP contribution < -0.4 is 25.5 Å². The number of hydrogen-bond donors (Lipinski definition) is 3. The van der Waals surface area contributed by atoms with Gasteiger partial charge in [-0.05, 0) is 66.4 Å². The molecule has 3 N–H and O–H groups in total. The van der Waals surface area contributed by atoms with Gasteiger partial charge in [0, 0.05) is 18.5 Å². The zero-order chi connectivity index (χ0) is 32.5. The molecule has 0 saturated heterocycles. The number of para-hydroxylation sites is 1. The van der Waals surface area contributed by atoms with Crippen LogP contribution in [0.1, 0.15) is 18.1 Å². The lowest BCUT2D eigenvalue weighted by atomic mass is 10.1. The highest BCUT2D eigenvalue weighted by molar-refractivity contribution is 7.90. The first-order valence-corrected chi connectivity index (χ1v) is 16.5. The summed E-state index contributed by atoms with van der Waals surface area (Å²) in [6.45, 7) is 2.42. The minimum absolute atomic E-state index is 0.250. The molecule has 5 aromatic rings. The van der Waals surface area contributed by atoms with E-state index in [9.17, 15) is 8.42 Å². The number of sulfone groups is 1. The monoisotopic (exact) mass is 636 g/mol. The van der Waals surface area contributed by atoms with Crippen LogP contribution in [0, 0.1) is 0 Å². The number of aromatic nitrogens is 2. The number of hydrazone groups is 1. The van der Waals surface area contributed by atoms with Crippen LogP contribution in [0.15, 0.2) is 113 Å². The van der Waals surface area contributed by atoms with Gasteiger partial charge in [0.2, 0.25) is 5.95 Å². The number of rotatable bonds is 13. The third kappa shape index (κ3) is 7.99. The molecule has 0 bridgehead atoms. The van der Waals surface area contributed by atoms with Crippen molar-refractivity contribution in [3.8, 4) is 22.6 Å². The van der Waals surface area contributed by atoms with Crippen LogP contribution >= 0.6 is 0 Å². The molecule has 0 fully saturated rings. The molecular weight excluding hydrogens is 600 g/mol. The summed E-state index contributed by atoms with van der Waals surface area (Å²) in [5.74, 6) is 2.84.